The van der Waals surface area contributed by atoms with Gasteiger partial charge in [0.1, 0.15) is 0 Å². The highest BCUT2D eigenvalue weighted by atomic mass is 79.9. The molecule has 0 unspecified atom stereocenters. The van der Waals surface area contributed by atoms with Crippen LogP contribution in [0.25, 0.3) is 5.69 Å². The van der Waals surface area contributed by atoms with Gasteiger partial charge in [0.25, 0.3) is 0 Å². The zero-order valence-corrected chi connectivity index (χ0v) is 8.95. The summed E-state index contributed by atoms with van der Waals surface area (Å²) in [5, 5.41) is 0. The Balaban J connectivity index is 2.57. The Morgan fingerprint density at radius 2 is 1.85 bits per heavy atom. The molecule has 0 atom stereocenters. The highest BCUT2D eigenvalue weighted by Gasteiger charge is 1.99. The molecule has 2 heteroatoms. The second-order valence-electron chi connectivity index (χ2n) is 3.02. The van der Waals surface area contributed by atoms with Gasteiger partial charge < -0.3 is 4.57 Å². The normalized spacial score (nSPS) is 10.3. The lowest BCUT2D eigenvalue weighted by molar-refractivity contribution is 1.06. The van der Waals surface area contributed by atoms with Crippen molar-refractivity contribution in [1.29, 1.82) is 0 Å². The number of halogens is 1. The van der Waals surface area contributed by atoms with E-state index in [1.165, 1.54) is 11.3 Å². The van der Waals surface area contributed by atoms with Gasteiger partial charge in [-0.25, -0.2) is 0 Å². The van der Waals surface area contributed by atoms with Crippen LogP contribution in [-0.4, -0.2) is 4.57 Å². The van der Waals surface area contributed by atoms with Crippen molar-refractivity contribution in [3.8, 4) is 5.69 Å². The van der Waals surface area contributed by atoms with Crippen LogP contribution in [0.3, 0.4) is 0 Å². The van der Waals surface area contributed by atoms with Crippen LogP contribution in [0.15, 0.2) is 47.2 Å². The third-order valence-electron chi connectivity index (χ3n) is 2.05. The Morgan fingerprint density at radius 3 is 2.54 bits per heavy atom. The minimum atomic E-state index is 1.11. The predicted octanol–water partition coefficient (Wildman–Crippen LogP) is 3.55. The van der Waals surface area contributed by atoms with Crippen molar-refractivity contribution in [1.82, 2.24) is 4.57 Å². The molecule has 66 valence electrons. The minimum Gasteiger partial charge on any atom is -0.324 e. The molecule has 1 aromatic heterocycles. The van der Waals surface area contributed by atoms with Gasteiger partial charge in [-0.15, -0.1) is 0 Å². The van der Waals surface area contributed by atoms with Gasteiger partial charge in [-0.2, -0.15) is 0 Å². The van der Waals surface area contributed by atoms with Crippen molar-refractivity contribution in [2.24, 2.45) is 0 Å². The molecule has 0 fully saturated rings. The summed E-state index contributed by atoms with van der Waals surface area (Å²) in [7, 11) is 0. The fourth-order valence-electron chi connectivity index (χ4n) is 1.36. The number of aryl methyl sites for hydroxylation is 1. The summed E-state index contributed by atoms with van der Waals surface area (Å²) in [5.41, 5.74) is 2.50. The zero-order valence-electron chi connectivity index (χ0n) is 7.37. The van der Waals surface area contributed by atoms with Crippen LogP contribution in [0.4, 0.5) is 0 Å². The molecule has 0 spiro atoms. The average molecular weight is 236 g/mol. The van der Waals surface area contributed by atoms with Gasteiger partial charge in [-0.1, -0.05) is 22.0 Å². The summed E-state index contributed by atoms with van der Waals surface area (Å²) in [6, 6.07) is 10.3. The lowest BCUT2D eigenvalue weighted by Crippen LogP contribution is -1.92. The van der Waals surface area contributed by atoms with E-state index < -0.39 is 0 Å². The molecule has 0 saturated heterocycles. The summed E-state index contributed by atoms with van der Waals surface area (Å²) in [6.45, 7) is 2.11. The van der Waals surface area contributed by atoms with Crippen LogP contribution in [0.2, 0.25) is 0 Å². The zero-order chi connectivity index (χ0) is 9.26. The summed E-state index contributed by atoms with van der Waals surface area (Å²) in [6.07, 6.45) is 4.10. The molecular weight excluding hydrogens is 226 g/mol. The summed E-state index contributed by atoms with van der Waals surface area (Å²) in [4.78, 5) is 0. The molecule has 0 saturated carbocycles. The van der Waals surface area contributed by atoms with E-state index >= 15 is 0 Å². The average Bonchev–Trinajstić information content (AvgIpc) is 2.61. The summed E-state index contributed by atoms with van der Waals surface area (Å²) >= 11 is 3.47. The molecule has 0 N–H and O–H groups in total. The van der Waals surface area contributed by atoms with Crippen molar-refractivity contribution in [2.45, 2.75) is 6.92 Å². The fraction of sp³-hybridized carbons (Fsp3) is 0.0909. The Bertz CT molecular complexity index is 404. The van der Waals surface area contributed by atoms with Crippen molar-refractivity contribution < 1.29 is 0 Å². The Hall–Kier alpha value is -1.02. The summed E-state index contributed by atoms with van der Waals surface area (Å²) < 4.78 is 3.22. The van der Waals surface area contributed by atoms with E-state index in [1.807, 2.05) is 12.1 Å². The van der Waals surface area contributed by atoms with Crippen LogP contribution in [0.5, 0.6) is 0 Å². The number of rotatable bonds is 1. The molecule has 1 nitrogen and oxygen atoms in total. The van der Waals surface area contributed by atoms with Gasteiger partial charge in [-0.05, 0) is 36.8 Å². The molecule has 2 aromatic rings. The van der Waals surface area contributed by atoms with Gasteiger partial charge >= 0.3 is 0 Å². The molecule has 2 rings (SSSR count). The summed E-state index contributed by atoms with van der Waals surface area (Å²) in [5.74, 6) is 0. The molecule has 0 aliphatic rings. The molecule has 13 heavy (non-hydrogen) atoms. The predicted molar refractivity (Wildman–Crippen MR) is 58.2 cm³/mol. The van der Waals surface area contributed by atoms with Gasteiger partial charge in [-0.3, -0.25) is 0 Å². The highest BCUT2D eigenvalue weighted by Crippen LogP contribution is 2.19. The van der Waals surface area contributed by atoms with Crippen molar-refractivity contribution in [2.75, 3.05) is 0 Å². The number of benzene rings is 1. The number of hydrogen-bond donors (Lipinski definition) is 0. The molecule has 0 bridgehead atoms. The molecule has 1 aromatic carbocycles. The third kappa shape index (κ3) is 1.68. The van der Waals surface area contributed by atoms with Crippen LogP contribution < -0.4 is 0 Å². The lowest BCUT2D eigenvalue weighted by atomic mass is 10.2. The van der Waals surface area contributed by atoms with Gasteiger partial charge in [0.05, 0.1) is 0 Å². The first-order valence-electron chi connectivity index (χ1n) is 4.17. The van der Waals surface area contributed by atoms with Gasteiger partial charge in [0.2, 0.25) is 0 Å². The van der Waals surface area contributed by atoms with E-state index in [-0.39, 0.29) is 0 Å². The smallest absolute Gasteiger partial charge is 0.0489 e. The standard InChI is InChI=1S/C11H10BrN/c1-9-4-5-10(12)8-11(9)13-6-2-3-7-13/h2-8H,1H3. The number of hydrogen-bond acceptors (Lipinski definition) is 0. The first-order valence-corrected chi connectivity index (χ1v) is 4.96. The third-order valence-corrected chi connectivity index (χ3v) is 2.55. The quantitative estimate of drug-likeness (QED) is 0.713. The van der Waals surface area contributed by atoms with E-state index in [9.17, 15) is 0 Å². The van der Waals surface area contributed by atoms with Gasteiger partial charge in [0, 0.05) is 22.6 Å². The first kappa shape index (κ1) is 8.57. The molecule has 0 radical (unpaired) electrons. The minimum absolute atomic E-state index is 1.11. The maximum atomic E-state index is 3.47. The molecule has 0 aliphatic heterocycles. The molecular formula is C11H10BrN. The lowest BCUT2D eigenvalue weighted by Gasteiger charge is -2.07. The second kappa shape index (κ2) is 3.38. The monoisotopic (exact) mass is 235 g/mol. The number of nitrogens with zero attached hydrogens (tertiary/aromatic N) is 1. The molecule has 0 aliphatic carbocycles. The second-order valence-corrected chi connectivity index (χ2v) is 3.94. The maximum Gasteiger partial charge on any atom is 0.0489 e. The topological polar surface area (TPSA) is 4.93 Å². The highest BCUT2D eigenvalue weighted by molar-refractivity contribution is 9.10. The first-order chi connectivity index (χ1) is 6.27. The van der Waals surface area contributed by atoms with E-state index in [4.69, 9.17) is 0 Å². The van der Waals surface area contributed by atoms with E-state index in [0.29, 0.717) is 0 Å². The van der Waals surface area contributed by atoms with Crippen LogP contribution in [-0.2, 0) is 0 Å². The van der Waals surface area contributed by atoms with Crippen LogP contribution in [0.1, 0.15) is 5.56 Å². The van der Waals surface area contributed by atoms with E-state index in [1.54, 1.807) is 0 Å². The largest absolute Gasteiger partial charge is 0.324 e. The molecule has 0 amide bonds. The Labute approximate surface area is 86.1 Å². The van der Waals surface area contributed by atoms with Crippen molar-refractivity contribution in [3.05, 3.63) is 52.8 Å². The molecule has 1 heterocycles. The van der Waals surface area contributed by atoms with Crippen molar-refractivity contribution >= 4 is 15.9 Å². The Morgan fingerprint density at radius 1 is 1.15 bits per heavy atom. The van der Waals surface area contributed by atoms with Crippen LogP contribution >= 0.6 is 15.9 Å². The Kier molecular flexibility index (Phi) is 2.23. The van der Waals surface area contributed by atoms with Gasteiger partial charge in [0.15, 0.2) is 0 Å². The SMILES string of the molecule is Cc1ccc(Br)cc1-n1cccc1. The van der Waals surface area contributed by atoms with E-state index in [0.717, 1.165) is 4.47 Å². The number of aromatic nitrogens is 1. The van der Waals surface area contributed by atoms with E-state index in [2.05, 4.69) is 58.0 Å². The maximum absolute atomic E-state index is 3.47. The fourth-order valence-corrected chi connectivity index (χ4v) is 1.70. The van der Waals surface area contributed by atoms with Crippen LogP contribution in [0, 0.1) is 6.92 Å². The van der Waals surface area contributed by atoms with Crippen molar-refractivity contribution in [3.63, 3.8) is 0 Å².